The van der Waals surface area contributed by atoms with Crippen molar-refractivity contribution in [1.82, 2.24) is 0 Å². The highest BCUT2D eigenvalue weighted by molar-refractivity contribution is 5.72. The van der Waals surface area contributed by atoms with E-state index in [1.54, 1.807) is 0 Å². The maximum atomic E-state index is 11.2. The number of carbonyl (C=O) groups is 1. The van der Waals surface area contributed by atoms with E-state index < -0.39 is 0 Å². The van der Waals surface area contributed by atoms with Gasteiger partial charge in [0.25, 0.3) is 0 Å². The zero-order chi connectivity index (χ0) is 11.4. The van der Waals surface area contributed by atoms with Crippen LogP contribution in [0.3, 0.4) is 0 Å². The van der Waals surface area contributed by atoms with Gasteiger partial charge in [-0.2, -0.15) is 0 Å². The normalized spacial score (nSPS) is 24.1. The molecule has 1 aromatic carbocycles. The summed E-state index contributed by atoms with van der Waals surface area (Å²) in [7, 11) is 0. The van der Waals surface area contributed by atoms with Gasteiger partial charge in [-0.25, -0.2) is 0 Å². The summed E-state index contributed by atoms with van der Waals surface area (Å²) in [6.45, 7) is 3.75. The van der Waals surface area contributed by atoms with Gasteiger partial charge in [0.2, 0.25) is 0 Å². The standard InChI is InChI=1S/C14H16O2/c1-2-12-10-14(15)16-13(12)9-8-11-6-4-3-5-7-11/h2-7,12-13H,1,8-10H2/t12-,13+/m0/s1. The molecule has 2 rings (SSSR count). The fraction of sp³-hybridized carbons (Fsp3) is 0.357. The lowest BCUT2D eigenvalue weighted by molar-refractivity contribution is -0.141. The predicted octanol–water partition coefficient (Wildman–Crippen LogP) is 2.74. The Morgan fingerprint density at radius 1 is 1.38 bits per heavy atom. The summed E-state index contributed by atoms with van der Waals surface area (Å²) in [6, 6.07) is 10.3. The number of benzene rings is 1. The van der Waals surface area contributed by atoms with Crippen LogP contribution in [0.5, 0.6) is 0 Å². The molecule has 84 valence electrons. The number of aryl methyl sites for hydroxylation is 1. The van der Waals surface area contributed by atoms with Crippen LogP contribution in [-0.4, -0.2) is 12.1 Å². The minimum Gasteiger partial charge on any atom is -0.462 e. The first-order valence-corrected chi connectivity index (χ1v) is 5.65. The van der Waals surface area contributed by atoms with Gasteiger partial charge < -0.3 is 4.74 Å². The highest BCUT2D eigenvalue weighted by atomic mass is 16.5. The Bertz CT molecular complexity index is 370. The molecule has 0 aliphatic carbocycles. The largest absolute Gasteiger partial charge is 0.462 e. The van der Waals surface area contributed by atoms with E-state index in [2.05, 4.69) is 18.7 Å². The summed E-state index contributed by atoms with van der Waals surface area (Å²) in [5.41, 5.74) is 1.29. The minimum absolute atomic E-state index is 0.0187. The van der Waals surface area contributed by atoms with E-state index in [4.69, 9.17) is 4.74 Å². The van der Waals surface area contributed by atoms with Crippen molar-refractivity contribution in [2.75, 3.05) is 0 Å². The zero-order valence-corrected chi connectivity index (χ0v) is 9.26. The Morgan fingerprint density at radius 2 is 2.12 bits per heavy atom. The van der Waals surface area contributed by atoms with Gasteiger partial charge in [0, 0.05) is 5.92 Å². The topological polar surface area (TPSA) is 26.3 Å². The van der Waals surface area contributed by atoms with Crippen molar-refractivity contribution in [2.24, 2.45) is 5.92 Å². The van der Waals surface area contributed by atoms with Gasteiger partial charge in [-0.3, -0.25) is 4.79 Å². The third-order valence-electron chi connectivity index (χ3n) is 3.03. The third-order valence-corrected chi connectivity index (χ3v) is 3.03. The molecular weight excluding hydrogens is 200 g/mol. The van der Waals surface area contributed by atoms with E-state index in [9.17, 15) is 4.79 Å². The summed E-state index contributed by atoms with van der Waals surface area (Å²) in [5, 5.41) is 0. The number of hydrogen-bond acceptors (Lipinski definition) is 2. The monoisotopic (exact) mass is 216 g/mol. The maximum absolute atomic E-state index is 11.2. The van der Waals surface area contributed by atoms with Crippen LogP contribution < -0.4 is 0 Å². The van der Waals surface area contributed by atoms with Crippen molar-refractivity contribution < 1.29 is 9.53 Å². The first-order chi connectivity index (χ1) is 7.79. The van der Waals surface area contributed by atoms with Crippen molar-refractivity contribution in [3.8, 4) is 0 Å². The van der Waals surface area contributed by atoms with Gasteiger partial charge in [-0.1, -0.05) is 36.4 Å². The second-order valence-corrected chi connectivity index (χ2v) is 4.16. The lowest BCUT2D eigenvalue weighted by atomic mass is 9.96. The molecule has 0 radical (unpaired) electrons. The lowest BCUT2D eigenvalue weighted by Gasteiger charge is -2.13. The first kappa shape index (κ1) is 10.9. The number of carbonyl (C=O) groups excluding carboxylic acids is 1. The Balaban J connectivity index is 1.90. The lowest BCUT2D eigenvalue weighted by Crippen LogP contribution is -2.15. The van der Waals surface area contributed by atoms with E-state index in [1.807, 2.05) is 24.3 Å². The zero-order valence-electron chi connectivity index (χ0n) is 9.26. The SMILES string of the molecule is C=C[C@H]1CC(=O)O[C@@H]1CCc1ccccc1. The van der Waals surface area contributed by atoms with Crippen LogP contribution in [0.15, 0.2) is 43.0 Å². The third kappa shape index (κ3) is 2.51. The molecule has 2 heteroatoms. The Labute approximate surface area is 95.9 Å². The molecule has 1 aromatic rings. The molecule has 1 aliphatic heterocycles. The van der Waals surface area contributed by atoms with Crippen molar-refractivity contribution in [3.05, 3.63) is 48.6 Å². The van der Waals surface area contributed by atoms with Gasteiger partial charge in [-0.05, 0) is 18.4 Å². The fourth-order valence-electron chi connectivity index (χ4n) is 2.09. The number of rotatable bonds is 4. The molecule has 2 atom stereocenters. The van der Waals surface area contributed by atoms with Crippen LogP contribution >= 0.6 is 0 Å². The van der Waals surface area contributed by atoms with E-state index >= 15 is 0 Å². The van der Waals surface area contributed by atoms with Crippen LogP contribution in [0.4, 0.5) is 0 Å². The highest BCUT2D eigenvalue weighted by Gasteiger charge is 2.31. The molecule has 0 bridgehead atoms. The molecule has 0 unspecified atom stereocenters. The van der Waals surface area contributed by atoms with Crippen molar-refractivity contribution in [2.45, 2.75) is 25.4 Å². The molecule has 1 fully saturated rings. The molecule has 1 aliphatic rings. The maximum Gasteiger partial charge on any atom is 0.306 e. The van der Waals surface area contributed by atoms with E-state index in [-0.39, 0.29) is 18.0 Å². The van der Waals surface area contributed by atoms with Crippen LogP contribution in [-0.2, 0) is 16.0 Å². The number of esters is 1. The Morgan fingerprint density at radius 3 is 2.81 bits per heavy atom. The van der Waals surface area contributed by atoms with Gasteiger partial charge in [0.1, 0.15) is 6.10 Å². The first-order valence-electron chi connectivity index (χ1n) is 5.65. The molecule has 16 heavy (non-hydrogen) atoms. The number of ether oxygens (including phenoxy) is 1. The smallest absolute Gasteiger partial charge is 0.306 e. The highest BCUT2D eigenvalue weighted by Crippen LogP contribution is 2.26. The van der Waals surface area contributed by atoms with Crippen molar-refractivity contribution >= 4 is 5.97 Å². The summed E-state index contributed by atoms with van der Waals surface area (Å²) in [6.07, 6.45) is 4.17. The van der Waals surface area contributed by atoms with E-state index in [0.717, 1.165) is 12.8 Å². The van der Waals surface area contributed by atoms with Gasteiger partial charge in [-0.15, -0.1) is 6.58 Å². The summed E-state index contributed by atoms with van der Waals surface area (Å²) in [5.74, 6) is 0.0965. The molecular formula is C14H16O2. The molecule has 0 N–H and O–H groups in total. The average Bonchev–Trinajstić information content (AvgIpc) is 2.68. The molecule has 1 heterocycles. The van der Waals surface area contributed by atoms with Gasteiger partial charge in [0.15, 0.2) is 0 Å². The Kier molecular flexibility index (Phi) is 3.40. The van der Waals surface area contributed by atoms with Gasteiger partial charge in [0.05, 0.1) is 6.42 Å². The number of hydrogen-bond donors (Lipinski definition) is 0. The molecule has 0 saturated carbocycles. The Hall–Kier alpha value is -1.57. The predicted molar refractivity (Wildman–Crippen MR) is 62.9 cm³/mol. The van der Waals surface area contributed by atoms with E-state index in [1.165, 1.54) is 5.56 Å². The van der Waals surface area contributed by atoms with Crippen LogP contribution in [0.2, 0.25) is 0 Å². The van der Waals surface area contributed by atoms with Crippen LogP contribution in [0, 0.1) is 5.92 Å². The van der Waals surface area contributed by atoms with E-state index in [0.29, 0.717) is 6.42 Å². The van der Waals surface area contributed by atoms with Gasteiger partial charge >= 0.3 is 5.97 Å². The average molecular weight is 216 g/mol. The van der Waals surface area contributed by atoms with Crippen molar-refractivity contribution in [3.63, 3.8) is 0 Å². The molecule has 0 aromatic heterocycles. The van der Waals surface area contributed by atoms with Crippen LogP contribution in [0.1, 0.15) is 18.4 Å². The minimum atomic E-state index is -0.0945. The summed E-state index contributed by atoms with van der Waals surface area (Å²) < 4.78 is 5.28. The molecule has 2 nitrogen and oxygen atoms in total. The van der Waals surface area contributed by atoms with Crippen molar-refractivity contribution in [1.29, 1.82) is 0 Å². The molecule has 0 spiro atoms. The molecule has 0 amide bonds. The molecule has 1 saturated heterocycles. The fourth-order valence-corrected chi connectivity index (χ4v) is 2.09. The second-order valence-electron chi connectivity index (χ2n) is 4.16. The van der Waals surface area contributed by atoms with Crippen LogP contribution in [0.25, 0.3) is 0 Å². The quantitative estimate of drug-likeness (QED) is 0.571. The summed E-state index contributed by atoms with van der Waals surface area (Å²) >= 11 is 0. The second kappa shape index (κ2) is 4.97. The number of cyclic esters (lactones) is 1. The summed E-state index contributed by atoms with van der Waals surface area (Å²) in [4.78, 5) is 11.2.